The number of ether oxygens (including phenoxy) is 3. The van der Waals surface area contributed by atoms with Crippen LogP contribution in [0.4, 0.5) is 0 Å². The normalized spacial score (nSPS) is 17.0. The SMILES string of the molecule is COc1ccc(CC2c3c(cc(OC)c(OC)c3O)CCN2C)cc1. The first-order valence-electron chi connectivity index (χ1n) is 8.39. The van der Waals surface area contributed by atoms with E-state index in [1.807, 2.05) is 18.2 Å². The van der Waals surface area contributed by atoms with Crippen LogP contribution in [-0.4, -0.2) is 44.9 Å². The number of likely N-dealkylation sites (N-methyl/N-ethyl adjacent to an activating group) is 1. The van der Waals surface area contributed by atoms with Gasteiger partial charge in [-0.25, -0.2) is 0 Å². The molecule has 3 rings (SSSR count). The van der Waals surface area contributed by atoms with Crippen LogP contribution < -0.4 is 14.2 Å². The average Bonchev–Trinajstić information content (AvgIpc) is 2.64. The molecule has 5 heteroatoms. The second-order valence-corrected chi connectivity index (χ2v) is 6.33. The van der Waals surface area contributed by atoms with E-state index in [2.05, 4.69) is 24.1 Å². The van der Waals surface area contributed by atoms with Crippen LogP contribution in [0.25, 0.3) is 0 Å². The molecule has 0 fully saturated rings. The maximum Gasteiger partial charge on any atom is 0.203 e. The third-order valence-electron chi connectivity index (χ3n) is 4.96. The first-order valence-corrected chi connectivity index (χ1v) is 8.39. The van der Waals surface area contributed by atoms with Crippen LogP contribution in [0.15, 0.2) is 30.3 Å². The Balaban J connectivity index is 2.00. The van der Waals surface area contributed by atoms with E-state index in [0.717, 1.165) is 36.3 Å². The summed E-state index contributed by atoms with van der Waals surface area (Å²) in [5, 5.41) is 10.8. The quantitative estimate of drug-likeness (QED) is 0.904. The summed E-state index contributed by atoms with van der Waals surface area (Å²) in [5.74, 6) is 2.00. The number of nitrogens with zero attached hydrogens (tertiary/aromatic N) is 1. The summed E-state index contributed by atoms with van der Waals surface area (Å²) in [6.07, 6.45) is 1.68. The highest BCUT2D eigenvalue weighted by Crippen LogP contribution is 2.47. The summed E-state index contributed by atoms with van der Waals surface area (Å²) in [4.78, 5) is 2.28. The van der Waals surface area contributed by atoms with E-state index < -0.39 is 0 Å². The van der Waals surface area contributed by atoms with E-state index >= 15 is 0 Å². The smallest absolute Gasteiger partial charge is 0.203 e. The minimum absolute atomic E-state index is 0.0805. The maximum atomic E-state index is 10.8. The van der Waals surface area contributed by atoms with Gasteiger partial charge in [-0.3, -0.25) is 4.90 Å². The molecule has 134 valence electrons. The van der Waals surface area contributed by atoms with Gasteiger partial charge in [0, 0.05) is 18.2 Å². The molecule has 0 bridgehead atoms. The van der Waals surface area contributed by atoms with Crippen molar-refractivity contribution in [3.8, 4) is 23.0 Å². The fourth-order valence-corrected chi connectivity index (χ4v) is 3.54. The van der Waals surface area contributed by atoms with Gasteiger partial charge in [0.25, 0.3) is 0 Å². The number of rotatable bonds is 5. The third kappa shape index (κ3) is 3.24. The number of methoxy groups -OCH3 is 3. The lowest BCUT2D eigenvalue weighted by molar-refractivity contribution is 0.220. The summed E-state index contributed by atoms with van der Waals surface area (Å²) in [6.45, 7) is 0.933. The number of hydrogen-bond donors (Lipinski definition) is 1. The van der Waals surface area contributed by atoms with E-state index in [4.69, 9.17) is 14.2 Å². The summed E-state index contributed by atoms with van der Waals surface area (Å²) >= 11 is 0. The third-order valence-corrected chi connectivity index (χ3v) is 4.96. The second-order valence-electron chi connectivity index (χ2n) is 6.33. The summed E-state index contributed by atoms with van der Waals surface area (Å²) in [5.41, 5.74) is 3.24. The molecule has 0 saturated heterocycles. The maximum absolute atomic E-state index is 10.8. The van der Waals surface area contributed by atoms with Crippen molar-refractivity contribution < 1.29 is 19.3 Å². The number of fused-ring (bicyclic) bond motifs is 1. The van der Waals surface area contributed by atoms with Crippen LogP contribution in [0.5, 0.6) is 23.0 Å². The predicted octanol–water partition coefficient (Wildman–Crippen LogP) is 3.19. The second kappa shape index (κ2) is 7.23. The molecule has 25 heavy (non-hydrogen) atoms. The zero-order chi connectivity index (χ0) is 18.0. The number of phenols is 1. The summed E-state index contributed by atoms with van der Waals surface area (Å²) in [6, 6.07) is 10.1. The van der Waals surface area contributed by atoms with Crippen molar-refractivity contribution in [2.45, 2.75) is 18.9 Å². The van der Waals surface area contributed by atoms with Gasteiger partial charge >= 0.3 is 0 Å². The van der Waals surface area contributed by atoms with Crippen molar-refractivity contribution in [2.24, 2.45) is 0 Å². The highest BCUT2D eigenvalue weighted by atomic mass is 16.5. The predicted molar refractivity (Wildman–Crippen MR) is 97.0 cm³/mol. The molecule has 0 radical (unpaired) electrons. The molecule has 1 N–H and O–H groups in total. The van der Waals surface area contributed by atoms with E-state index in [1.54, 1.807) is 21.3 Å². The van der Waals surface area contributed by atoms with Crippen molar-refractivity contribution in [3.63, 3.8) is 0 Å². The number of aromatic hydroxyl groups is 1. The Labute approximate surface area is 148 Å². The lowest BCUT2D eigenvalue weighted by Crippen LogP contribution is -2.33. The van der Waals surface area contributed by atoms with E-state index in [9.17, 15) is 5.11 Å². The molecule has 2 aromatic rings. The summed E-state index contributed by atoms with van der Waals surface area (Å²) in [7, 11) is 6.90. The zero-order valence-corrected chi connectivity index (χ0v) is 15.2. The minimum atomic E-state index is 0.0805. The molecular weight excluding hydrogens is 318 g/mol. The van der Waals surface area contributed by atoms with Gasteiger partial charge in [0.05, 0.1) is 21.3 Å². The van der Waals surface area contributed by atoms with Crippen LogP contribution in [-0.2, 0) is 12.8 Å². The minimum Gasteiger partial charge on any atom is -0.504 e. The molecule has 1 unspecified atom stereocenters. The monoisotopic (exact) mass is 343 g/mol. The van der Waals surface area contributed by atoms with Gasteiger partial charge in [0.1, 0.15) is 5.75 Å². The average molecular weight is 343 g/mol. The van der Waals surface area contributed by atoms with Crippen LogP contribution in [0.2, 0.25) is 0 Å². The van der Waals surface area contributed by atoms with E-state index in [0.29, 0.717) is 11.5 Å². The Morgan fingerprint density at radius 2 is 1.80 bits per heavy atom. The van der Waals surface area contributed by atoms with E-state index in [-0.39, 0.29) is 11.8 Å². The van der Waals surface area contributed by atoms with Crippen LogP contribution in [0.1, 0.15) is 22.7 Å². The van der Waals surface area contributed by atoms with E-state index in [1.165, 1.54) is 5.56 Å². The van der Waals surface area contributed by atoms with Crippen LogP contribution in [0.3, 0.4) is 0 Å². The van der Waals surface area contributed by atoms with Crippen LogP contribution >= 0.6 is 0 Å². The van der Waals surface area contributed by atoms with Gasteiger partial charge in [-0.15, -0.1) is 0 Å². The topological polar surface area (TPSA) is 51.2 Å². The Bertz CT molecular complexity index is 742. The van der Waals surface area contributed by atoms with Crippen molar-refractivity contribution >= 4 is 0 Å². The zero-order valence-electron chi connectivity index (χ0n) is 15.2. The lowest BCUT2D eigenvalue weighted by atomic mass is 9.87. The van der Waals surface area contributed by atoms with Gasteiger partial charge < -0.3 is 19.3 Å². The first-order chi connectivity index (χ1) is 12.1. The standard InChI is InChI=1S/C20H25NO4/c1-21-10-9-14-12-17(24-3)20(25-4)19(22)18(14)16(21)11-13-5-7-15(23-2)8-6-13/h5-8,12,16,22H,9-11H2,1-4H3. The first kappa shape index (κ1) is 17.4. The molecule has 1 atom stereocenters. The lowest BCUT2D eigenvalue weighted by Gasteiger charge is -2.36. The molecule has 0 aromatic heterocycles. The molecule has 0 aliphatic carbocycles. The van der Waals surface area contributed by atoms with Gasteiger partial charge in [-0.1, -0.05) is 12.1 Å². The largest absolute Gasteiger partial charge is 0.504 e. The highest BCUT2D eigenvalue weighted by molar-refractivity contribution is 5.60. The fourth-order valence-electron chi connectivity index (χ4n) is 3.54. The van der Waals surface area contributed by atoms with Crippen LogP contribution in [0, 0.1) is 0 Å². The number of hydrogen-bond acceptors (Lipinski definition) is 5. The Morgan fingerprint density at radius 1 is 1.08 bits per heavy atom. The molecule has 1 aliphatic rings. The van der Waals surface area contributed by atoms with Gasteiger partial charge in [-0.2, -0.15) is 0 Å². The fraction of sp³-hybridized carbons (Fsp3) is 0.400. The molecule has 0 saturated carbocycles. The van der Waals surface area contributed by atoms with Gasteiger partial charge in [-0.05, 0) is 49.2 Å². The Morgan fingerprint density at radius 3 is 2.40 bits per heavy atom. The molecule has 2 aromatic carbocycles. The molecule has 5 nitrogen and oxygen atoms in total. The summed E-state index contributed by atoms with van der Waals surface area (Å²) < 4.78 is 16.0. The molecule has 1 aliphatic heterocycles. The van der Waals surface area contributed by atoms with Crippen molar-refractivity contribution in [2.75, 3.05) is 34.9 Å². The number of phenolic OH excluding ortho intramolecular Hbond substituents is 1. The molecule has 1 heterocycles. The van der Waals surface area contributed by atoms with Crippen molar-refractivity contribution in [3.05, 3.63) is 47.0 Å². The highest BCUT2D eigenvalue weighted by Gasteiger charge is 2.31. The van der Waals surface area contributed by atoms with Crippen molar-refractivity contribution in [1.82, 2.24) is 4.90 Å². The molecule has 0 spiro atoms. The van der Waals surface area contributed by atoms with Crippen molar-refractivity contribution in [1.29, 1.82) is 0 Å². The van der Waals surface area contributed by atoms with Gasteiger partial charge in [0.2, 0.25) is 5.75 Å². The Kier molecular flexibility index (Phi) is 5.04. The van der Waals surface area contributed by atoms with Gasteiger partial charge in [0.15, 0.2) is 11.5 Å². The molecule has 0 amide bonds. The number of benzene rings is 2. The molecular formula is C20H25NO4. The Hall–Kier alpha value is -2.40.